The topological polar surface area (TPSA) is 118 Å². The average molecular weight is 435 g/mol. The van der Waals surface area contributed by atoms with Gasteiger partial charge in [-0.3, -0.25) is 4.79 Å². The van der Waals surface area contributed by atoms with Gasteiger partial charge < -0.3 is 19.1 Å². The predicted molar refractivity (Wildman–Crippen MR) is 110 cm³/mol. The monoisotopic (exact) mass is 435 g/mol. The fraction of sp³-hybridized carbons (Fsp3) is 0.286. The highest BCUT2D eigenvalue weighted by Crippen LogP contribution is 2.49. The molecule has 1 aliphatic carbocycles. The number of likely N-dealkylation sites (tertiary alicyclic amines) is 1. The fourth-order valence-corrected chi connectivity index (χ4v) is 5.26. The number of aliphatic hydroxyl groups excluding tert-OH is 1. The summed E-state index contributed by atoms with van der Waals surface area (Å²) in [7, 11) is 0. The van der Waals surface area contributed by atoms with E-state index in [0.29, 0.717) is 30.2 Å². The molecular formula is C21H17N5O4S. The lowest BCUT2D eigenvalue weighted by Crippen LogP contribution is -2.30. The lowest BCUT2D eigenvalue weighted by atomic mass is 10.0. The molecule has 4 aromatic rings. The second kappa shape index (κ2) is 7.10. The lowest BCUT2D eigenvalue weighted by molar-refractivity contribution is -0.129. The third-order valence-corrected chi connectivity index (χ3v) is 6.70. The normalized spacial score (nSPS) is 19.8. The highest BCUT2D eigenvalue weighted by Gasteiger charge is 2.46. The fourth-order valence-electron chi connectivity index (χ4n) is 4.68. The van der Waals surface area contributed by atoms with Crippen LogP contribution in [0.1, 0.15) is 23.6 Å². The van der Waals surface area contributed by atoms with Gasteiger partial charge in [-0.25, -0.2) is 4.98 Å². The molecule has 1 saturated heterocycles. The SMILES string of the molecule is O=C1C[C@@H]2Cc3c(-c4noc(-c5cc(-c6nccs6)on5)n4)cccc3[C@@H]2N1CCO. The zero-order valence-corrected chi connectivity index (χ0v) is 17.1. The standard InChI is InChI=1S/C21H17N5O4S/c27-6-5-26-17(28)9-11-8-14-12(18(11)26)2-1-3-13(14)19-23-20(30-25-19)15-10-16(29-24-15)21-22-4-7-31-21/h1-4,7,10-11,18,27H,5-6,8-9H2/t11-,18+/m0/s1. The number of nitrogens with zero attached hydrogens (tertiary/aromatic N) is 5. The Morgan fingerprint density at radius 1 is 1.23 bits per heavy atom. The van der Waals surface area contributed by atoms with E-state index in [0.717, 1.165) is 28.1 Å². The molecule has 10 heteroatoms. The van der Waals surface area contributed by atoms with Crippen molar-refractivity contribution in [3.63, 3.8) is 0 Å². The molecule has 31 heavy (non-hydrogen) atoms. The molecule has 0 unspecified atom stereocenters. The Bertz CT molecular complexity index is 1260. The number of thiazole rings is 1. The van der Waals surface area contributed by atoms with Crippen LogP contribution in [0.25, 0.3) is 33.7 Å². The maximum atomic E-state index is 12.3. The van der Waals surface area contributed by atoms with Gasteiger partial charge in [0.05, 0.1) is 12.6 Å². The highest BCUT2D eigenvalue weighted by molar-refractivity contribution is 7.13. The van der Waals surface area contributed by atoms with E-state index < -0.39 is 0 Å². The molecule has 1 amide bonds. The Balaban J connectivity index is 1.34. The predicted octanol–water partition coefficient (Wildman–Crippen LogP) is 2.95. The summed E-state index contributed by atoms with van der Waals surface area (Å²) >= 11 is 1.46. The number of aromatic nitrogens is 4. The molecule has 156 valence electrons. The minimum atomic E-state index is -0.0428. The largest absolute Gasteiger partial charge is 0.395 e. The van der Waals surface area contributed by atoms with Gasteiger partial charge in [-0.1, -0.05) is 28.5 Å². The Morgan fingerprint density at radius 3 is 3.00 bits per heavy atom. The van der Waals surface area contributed by atoms with E-state index in [-0.39, 0.29) is 30.4 Å². The molecule has 2 atom stereocenters. The number of benzene rings is 1. The first-order valence-corrected chi connectivity index (χ1v) is 10.8. The first kappa shape index (κ1) is 18.4. The van der Waals surface area contributed by atoms with Crippen LogP contribution in [0.5, 0.6) is 0 Å². The van der Waals surface area contributed by atoms with Gasteiger partial charge in [-0.2, -0.15) is 4.98 Å². The number of hydrogen-bond donors (Lipinski definition) is 1. The molecule has 0 bridgehead atoms. The van der Waals surface area contributed by atoms with Gasteiger partial charge in [-0.15, -0.1) is 11.3 Å². The van der Waals surface area contributed by atoms with Crippen molar-refractivity contribution in [3.8, 4) is 33.7 Å². The molecule has 0 radical (unpaired) electrons. The molecule has 1 N–H and O–H groups in total. The first-order valence-electron chi connectivity index (χ1n) is 9.96. The minimum absolute atomic E-state index is 0.00244. The van der Waals surface area contributed by atoms with E-state index >= 15 is 0 Å². The number of amides is 1. The molecule has 1 fully saturated rings. The summed E-state index contributed by atoms with van der Waals surface area (Å²) in [5.74, 6) is 1.61. The Kier molecular flexibility index (Phi) is 4.22. The van der Waals surface area contributed by atoms with Gasteiger partial charge in [0, 0.05) is 36.2 Å². The van der Waals surface area contributed by atoms with Crippen LogP contribution in [0.2, 0.25) is 0 Å². The van der Waals surface area contributed by atoms with Crippen LogP contribution >= 0.6 is 11.3 Å². The summed E-state index contributed by atoms with van der Waals surface area (Å²) in [6.45, 7) is 0.308. The van der Waals surface area contributed by atoms with E-state index in [1.54, 1.807) is 17.2 Å². The summed E-state index contributed by atoms with van der Waals surface area (Å²) in [4.78, 5) is 22.9. The number of carbonyl (C=O) groups is 1. The molecule has 9 nitrogen and oxygen atoms in total. The van der Waals surface area contributed by atoms with E-state index in [9.17, 15) is 9.90 Å². The number of hydrogen-bond acceptors (Lipinski definition) is 9. The van der Waals surface area contributed by atoms with Gasteiger partial charge in [0.1, 0.15) is 0 Å². The number of carbonyl (C=O) groups excluding carboxylic acids is 1. The van der Waals surface area contributed by atoms with E-state index in [4.69, 9.17) is 9.05 Å². The zero-order valence-electron chi connectivity index (χ0n) is 16.3. The van der Waals surface area contributed by atoms with Crippen LogP contribution in [0.4, 0.5) is 0 Å². The average Bonchev–Trinajstić information content (AvgIpc) is 3.57. The molecule has 0 spiro atoms. The van der Waals surface area contributed by atoms with Crippen molar-refractivity contribution in [1.29, 1.82) is 0 Å². The van der Waals surface area contributed by atoms with Crippen molar-refractivity contribution in [3.05, 3.63) is 47.0 Å². The summed E-state index contributed by atoms with van der Waals surface area (Å²) in [6.07, 6.45) is 2.97. The van der Waals surface area contributed by atoms with E-state index in [2.05, 4.69) is 20.3 Å². The Labute approximate surface area is 180 Å². The van der Waals surface area contributed by atoms with Crippen LogP contribution in [-0.4, -0.2) is 49.3 Å². The number of aliphatic hydroxyl groups is 1. The molecule has 3 aromatic heterocycles. The maximum Gasteiger partial charge on any atom is 0.280 e. The number of β-amino-alcohol motifs (C(OH)–C–C–N with tert-alkyl or cyclic N) is 1. The molecular weight excluding hydrogens is 418 g/mol. The quantitative estimate of drug-likeness (QED) is 0.508. The smallest absolute Gasteiger partial charge is 0.280 e. The lowest BCUT2D eigenvalue weighted by Gasteiger charge is -2.24. The van der Waals surface area contributed by atoms with Gasteiger partial charge in [0.2, 0.25) is 11.7 Å². The van der Waals surface area contributed by atoms with Crippen molar-refractivity contribution < 1.29 is 18.9 Å². The molecule has 1 aromatic carbocycles. The highest BCUT2D eigenvalue weighted by atomic mass is 32.1. The first-order chi connectivity index (χ1) is 15.2. The summed E-state index contributed by atoms with van der Waals surface area (Å²) < 4.78 is 10.8. The van der Waals surface area contributed by atoms with Crippen LogP contribution in [-0.2, 0) is 11.2 Å². The molecule has 1 aliphatic heterocycles. The van der Waals surface area contributed by atoms with Gasteiger partial charge in [-0.05, 0) is 23.5 Å². The van der Waals surface area contributed by atoms with Crippen LogP contribution in [0.15, 0.2) is 44.9 Å². The molecule has 2 aliphatic rings. The summed E-state index contributed by atoms with van der Waals surface area (Å²) in [5, 5.41) is 20.2. The van der Waals surface area contributed by atoms with Crippen LogP contribution in [0, 0.1) is 5.92 Å². The summed E-state index contributed by atoms with van der Waals surface area (Å²) in [6, 6.07) is 7.69. The molecule has 6 rings (SSSR count). The van der Waals surface area contributed by atoms with Crippen molar-refractivity contribution >= 4 is 17.2 Å². The second-order valence-electron chi connectivity index (χ2n) is 7.63. The van der Waals surface area contributed by atoms with E-state index in [1.165, 1.54) is 11.3 Å². The van der Waals surface area contributed by atoms with Crippen molar-refractivity contribution in [1.82, 2.24) is 25.2 Å². The minimum Gasteiger partial charge on any atom is -0.395 e. The third kappa shape index (κ3) is 2.90. The third-order valence-electron chi connectivity index (χ3n) is 5.92. The van der Waals surface area contributed by atoms with Gasteiger partial charge in [0.25, 0.3) is 5.89 Å². The molecule has 4 heterocycles. The number of rotatable bonds is 5. The zero-order chi connectivity index (χ0) is 20.9. The second-order valence-corrected chi connectivity index (χ2v) is 8.53. The Morgan fingerprint density at radius 2 is 2.16 bits per heavy atom. The van der Waals surface area contributed by atoms with Crippen molar-refractivity contribution in [2.24, 2.45) is 5.92 Å². The van der Waals surface area contributed by atoms with Gasteiger partial charge >= 0.3 is 0 Å². The van der Waals surface area contributed by atoms with Crippen LogP contribution in [0.3, 0.4) is 0 Å². The maximum absolute atomic E-state index is 12.3. The van der Waals surface area contributed by atoms with E-state index in [1.807, 2.05) is 23.6 Å². The van der Waals surface area contributed by atoms with Crippen LogP contribution < -0.4 is 0 Å². The summed E-state index contributed by atoms with van der Waals surface area (Å²) in [5.41, 5.74) is 3.57. The van der Waals surface area contributed by atoms with Gasteiger partial charge in [0.15, 0.2) is 16.5 Å². The molecule has 0 saturated carbocycles. The number of fused-ring (bicyclic) bond motifs is 3. The van der Waals surface area contributed by atoms with Crippen molar-refractivity contribution in [2.75, 3.05) is 13.2 Å². The Hall–Kier alpha value is -3.37. The van der Waals surface area contributed by atoms with Crippen molar-refractivity contribution in [2.45, 2.75) is 18.9 Å².